The molecule has 0 aromatic rings. The van der Waals surface area contributed by atoms with E-state index in [4.69, 9.17) is 16.3 Å². The lowest BCUT2D eigenvalue weighted by atomic mass is 9.47. The predicted molar refractivity (Wildman–Crippen MR) is 108 cm³/mol. The third kappa shape index (κ3) is 2.81. The van der Waals surface area contributed by atoms with Crippen LogP contribution in [0.2, 0.25) is 0 Å². The van der Waals surface area contributed by atoms with Gasteiger partial charge in [-0.2, -0.15) is 4.39 Å². The average Bonchev–Trinajstić information content (AvgIpc) is 3.02. The second-order valence-corrected chi connectivity index (χ2v) is 10.2. The lowest BCUT2D eigenvalue weighted by Gasteiger charge is -2.58. The molecule has 1 unspecified atom stereocenters. The Hall–Kier alpha value is -0.870. The van der Waals surface area contributed by atoms with Crippen LogP contribution < -0.4 is 0 Å². The second kappa shape index (κ2) is 7.12. The zero-order valence-corrected chi connectivity index (χ0v) is 17.9. The van der Waals surface area contributed by atoms with Gasteiger partial charge in [0.2, 0.25) is 5.83 Å². The highest BCUT2D eigenvalue weighted by atomic mass is 35.5. The van der Waals surface area contributed by atoms with Crippen molar-refractivity contribution in [1.29, 1.82) is 0 Å². The van der Waals surface area contributed by atoms with Gasteiger partial charge in [0.25, 0.3) is 0 Å². The fourth-order valence-electron chi connectivity index (χ4n) is 7.17. The topological polar surface area (TPSA) is 46.5 Å². The third-order valence-corrected chi connectivity index (χ3v) is 9.15. The maximum atomic E-state index is 14.9. The van der Waals surface area contributed by atoms with E-state index in [1.807, 2.05) is 0 Å². The smallest absolute Gasteiger partial charge is 0.367 e. The highest BCUT2D eigenvalue weighted by Gasteiger charge is 2.59. The number of alkyl halides is 1. The van der Waals surface area contributed by atoms with Crippen LogP contribution in [0, 0.1) is 28.6 Å². The van der Waals surface area contributed by atoms with Gasteiger partial charge in [0.15, 0.2) is 0 Å². The van der Waals surface area contributed by atoms with Crippen molar-refractivity contribution < 1.29 is 19.0 Å². The van der Waals surface area contributed by atoms with Gasteiger partial charge in [0.1, 0.15) is 0 Å². The number of halogens is 2. The van der Waals surface area contributed by atoms with Crippen molar-refractivity contribution >= 4 is 17.6 Å². The van der Waals surface area contributed by atoms with E-state index in [-0.39, 0.29) is 22.8 Å². The molecule has 0 bridgehead atoms. The van der Waals surface area contributed by atoms with Crippen molar-refractivity contribution in [3.63, 3.8) is 0 Å². The molecule has 1 N–H and O–H groups in total. The zero-order chi connectivity index (χ0) is 20.3. The molecule has 3 nitrogen and oxygen atoms in total. The summed E-state index contributed by atoms with van der Waals surface area (Å²) in [6, 6.07) is 0. The van der Waals surface area contributed by atoms with Gasteiger partial charge < -0.3 is 9.84 Å². The first-order valence-electron chi connectivity index (χ1n) is 10.8. The number of aliphatic hydroxyl groups excluding tert-OH is 1. The Morgan fingerprint density at radius 1 is 1.25 bits per heavy atom. The molecule has 4 aliphatic rings. The van der Waals surface area contributed by atoms with Crippen LogP contribution in [-0.4, -0.2) is 29.2 Å². The molecule has 28 heavy (non-hydrogen) atoms. The molecule has 156 valence electrons. The number of rotatable bonds is 2. The second-order valence-electron chi connectivity index (χ2n) is 9.71. The summed E-state index contributed by atoms with van der Waals surface area (Å²) in [5, 5.41) is 9.96. The summed E-state index contributed by atoms with van der Waals surface area (Å²) in [7, 11) is 0. The van der Waals surface area contributed by atoms with Gasteiger partial charge in [-0.25, -0.2) is 4.79 Å². The molecule has 5 heteroatoms. The average molecular weight is 411 g/mol. The van der Waals surface area contributed by atoms with E-state index in [2.05, 4.69) is 19.9 Å². The lowest BCUT2D eigenvalue weighted by molar-refractivity contribution is -0.140. The van der Waals surface area contributed by atoms with Crippen molar-refractivity contribution in [2.75, 3.05) is 6.61 Å². The number of hydrogen-bond donors (Lipinski definition) is 1. The van der Waals surface area contributed by atoms with Crippen molar-refractivity contribution in [3.05, 3.63) is 23.0 Å². The number of ether oxygens (including phenoxy) is 1. The minimum absolute atomic E-state index is 0.0298. The zero-order valence-electron chi connectivity index (χ0n) is 17.1. The summed E-state index contributed by atoms with van der Waals surface area (Å²) >= 11 is 6.60. The van der Waals surface area contributed by atoms with Crippen LogP contribution in [0.5, 0.6) is 0 Å². The minimum atomic E-state index is -0.800. The first kappa shape index (κ1) is 20.4. The fraction of sp³-hybridized carbons (Fsp3) is 0.783. The van der Waals surface area contributed by atoms with Crippen molar-refractivity contribution in [2.45, 2.75) is 77.2 Å². The number of fused-ring (bicyclic) bond motifs is 5. The monoisotopic (exact) mass is 410 g/mol. The molecular weight excluding hydrogens is 379 g/mol. The summed E-state index contributed by atoms with van der Waals surface area (Å²) < 4.78 is 19.9. The number of esters is 1. The fourth-order valence-corrected chi connectivity index (χ4v) is 7.63. The summed E-state index contributed by atoms with van der Waals surface area (Å²) in [6.45, 7) is 6.38. The summed E-state index contributed by atoms with van der Waals surface area (Å²) in [5.74, 6) is -0.0594. The lowest BCUT2D eigenvalue weighted by Crippen LogP contribution is -2.52. The van der Waals surface area contributed by atoms with Gasteiger partial charge >= 0.3 is 5.97 Å². The molecule has 0 amide bonds. The van der Waals surface area contributed by atoms with Crippen molar-refractivity contribution in [2.24, 2.45) is 28.6 Å². The number of allylic oxidation sites excluding steroid dienone is 2. The van der Waals surface area contributed by atoms with E-state index in [1.54, 1.807) is 6.92 Å². The van der Waals surface area contributed by atoms with Crippen LogP contribution >= 0.6 is 11.6 Å². The Morgan fingerprint density at radius 2 is 1.93 bits per heavy atom. The Kier molecular flexibility index (Phi) is 5.19. The Balaban J connectivity index is 1.66. The number of carbonyl (C=O) groups is 1. The van der Waals surface area contributed by atoms with Gasteiger partial charge in [-0.05, 0) is 91.6 Å². The molecule has 0 heterocycles. The van der Waals surface area contributed by atoms with E-state index in [0.29, 0.717) is 29.7 Å². The molecule has 0 aliphatic heterocycles. The van der Waals surface area contributed by atoms with Gasteiger partial charge in [-0.15, -0.1) is 11.6 Å². The van der Waals surface area contributed by atoms with Gasteiger partial charge in [0.05, 0.1) is 18.1 Å². The highest BCUT2D eigenvalue weighted by Crippen LogP contribution is 2.66. The van der Waals surface area contributed by atoms with Crippen molar-refractivity contribution in [3.8, 4) is 0 Å². The van der Waals surface area contributed by atoms with Crippen LogP contribution in [0.15, 0.2) is 23.0 Å². The number of hydrogen-bond acceptors (Lipinski definition) is 3. The van der Waals surface area contributed by atoms with E-state index in [1.165, 1.54) is 5.57 Å². The molecular formula is C23H32ClFO3. The molecule has 3 fully saturated rings. The van der Waals surface area contributed by atoms with E-state index in [9.17, 15) is 14.3 Å². The van der Waals surface area contributed by atoms with Crippen LogP contribution in [0.1, 0.15) is 65.7 Å². The Labute approximate surface area is 172 Å². The largest absolute Gasteiger partial charge is 0.461 e. The molecule has 4 aliphatic carbocycles. The quantitative estimate of drug-likeness (QED) is 0.290. The molecule has 0 spiro atoms. The van der Waals surface area contributed by atoms with E-state index >= 15 is 0 Å². The van der Waals surface area contributed by atoms with Gasteiger partial charge in [-0.1, -0.05) is 19.9 Å². The van der Waals surface area contributed by atoms with Gasteiger partial charge in [0, 0.05) is 0 Å². The van der Waals surface area contributed by atoms with Crippen LogP contribution in [-0.2, 0) is 9.53 Å². The molecule has 0 aromatic carbocycles. The number of aliphatic hydroxyl groups is 1. The first-order valence-corrected chi connectivity index (χ1v) is 11.3. The normalized spacial score (nSPS) is 46.8. The molecule has 3 saturated carbocycles. The molecule has 4 rings (SSSR count). The molecule has 0 aromatic heterocycles. The van der Waals surface area contributed by atoms with E-state index in [0.717, 1.165) is 38.5 Å². The van der Waals surface area contributed by atoms with Gasteiger partial charge in [-0.3, -0.25) is 0 Å². The predicted octanol–water partition coefficient (Wildman–Crippen LogP) is 5.31. The van der Waals surface area contributed by atoms with Crippen molar-refractivity contribution in [1.82, 2.24) is 0 Å². The number of carbonyl (C=O) groups excluding carboxylic acids is 1. The first-order chi connectivity index (χ1) is 13.2. The van der Waals surface area contributed by atoms with Crippen LogP contribution in [0.25, 0.3) is 0 Å². The summed E-state index contributed by atoms with van der Waals surface area (Å²) in [5.41, 5.74) is 1.68. The van der Waals surface area contributed by atoms with E-state index < -0.39 is 17.9 Å². The molecule has 0 saturated heterocycles. The maximum absolute atomic E-state index is 14.9. The van der Waals surface area contributed by atoms with Crippen LogP contribution in [0.3, 0.4) is 0 Å². The minimum Gasteiger partial charge on any atom is -0.461 e. The SMILES string of the molecule is CCOC(=O)C(F)=C1CC[C@H]2[C@@H]3CC=C4C(Cl)[C@@H](O)CC[C@]4(C)[C@H]3CC[C@]12C. The molecule has 0 radical (unpaired) electrons. The summed E-state index contributed by atoms with van der Waals surface area (Å²) in [4.78, 5) is 12.0. The maximum Gasteiger partial charge on any atom is 0.367 e. The Bertz CT molecular complexity index is 731. The van der Waals surface area contributed by atoms with Crippen LogP contribution in [0.4, 0.5) is 4.39 Å². The Morgan fingerprint density at radius 3 is 2.64 bits per heavy atom. The highest BCUT2D eigenvalue weighted by molar-refractivity contribution is 6.23. The summed E-state index contributed by atoms with van der Waals surface area (Å²) in [6.07, 6.45) is 7.99. The standard InChI is InChI=1S/C23H32ClFO3/c1-4-28-21(27)20(25)17-8-7-14-13-5-6-16-19(24)18(26)10-12-22(16,2)15(13)9-11-23(14,17)3/h6,13-15,18-19,26H,4-5,7-12H2,1-3H3/t13-,14-,15-,18-,19?,22+,23-/m0/s1. The third-order valence-electron chi connectivity index (χ3n) is 8.62. The molecule has 7 atom stereocenters.